The SMILES string of the molecule is CNCCS(=O)(=O)c1ccc(OC)c(OC)c1. The van der Waals surface area contributed by atoms with Crippen molar-refractivity contribution < 1.29 is 17.9 Å². The topological polar surface area (TPSA) is 64.6 Å². The maximum absolute atomic E-state index is 11.9. The minimum atomic E-state index is -3.28. The molecule has 0 amide bonds. The monoisotopic (exact) mass is 259 g/mol. The highest BCUT2D eigenvalue weighted by Crippen LogP contribution is 2.29. The molecule has 0 spiro atoms. The van der Waals surface area contributed by atoms with Crippen LogP contribution in [0.25, 0.3) is 0 Å². The first-order chi connectivity index (χ1) is 8.05. The van der Waals surface area contributed by atoms with E-state index in [1.54, 1.807) is 13.1 Å². The van der Waals surface area contributed by atoms with Gasteiger partial charge in [0.15, 0.2) is 21.3 Å². The minimum Gasteiger partial charge on any atom is -0.493 e. The van der Waals surface area contributed by atoms with Crippen molar-refractivity contribution in [1.29, 1.82) is 0 Å². The zero-order valence-corrected chi connectivity index (χ0v) is 11.0. The lowest BCUT2D eigenvalue weighted by atomic mass is 10.3. The van der Waals surface area contributed by atoms with Gasteiger partial charge in [-0.1, -0.05) is 0 Å². The molecule has 1 aromatic rings. The van der Waals surface area contributed by atoms with Crippen molar-refractivity contribution in [2.75, 3.05) is 33.6 Å². The van der Waals surface area contributed by atoms with Crippen molar-refractivity contribution in [3.05, 3.63) is 18.2 Å². The van der Waals surface area contributed by atoms with Crippen LogP contribution in [0.15, 0.2) is 23.1 Å². The van der Waals surface area contributed by atoms with Crippen LogP contribution in [0.3, 0.4) is 0 Å². The van der Waals surface area contributed by atoms with Crippen molar-refractivity contribution >= 4 is 9.84 Å². The van der Waals surface area contributed by atoms with Gasteiger partial charge in [0.2, 0.25) is 0 Å². The standard InChI is InChI=1S/C11H17NO4S/c1-12-6-7-17(13,14)9-4-5-10(15-2)11(8-9)16-3/h4-5,8,12H,6-7H2,1-3H3. The summed E-state index contributed by atoms with van der Waals surface area (Å²) in [5.74, 6) is 0.983. The predicted octanol–water partition coefficient (Wildman–Crippen LogP) is 0.697. The van der Waals surface area contributed by atoms with E-state index < -0.39 is 9.84 Å². The third kappa shape index (κ3) is 3.34. The van der Waals surface area contributed by atoms with Gasteiger partial charge in [0.1, 0.15) is 0 Å². The number of rotatable bonds is 6. The Hall–Kier alpha value is -1.27. The largest absolute Gasteiger partial charge is 0.493 e. The molecule has 1 aromatic carbocycles. The molecule has 0 saturated heterocycles. The number of hydrogen-bond acceptors (Lipinski definition) is 5. The Morgan fingerprint density at radius 3 is 2.35 bits per heavy atom. The molecule has 0 atom stereocenters. The number of hydrogen-bond donors (Lipinski definition) is 1. The van der Waals surface area contributed by atoms with Gasteiger partial charge in [-0.05, 0) is 19.2 Å². The predicted molar refractivity (Wildman–Crippen MR) is 65.5 cm³/mol. The van der Waals surface area contributed by atoms with Crippen LogP contribution in [0.4, 0.5) is 0 Å². The normalized spacial score (nSPS) is 11.2. The molecule has 0 aliphatic rings. The quantitative estimate of drug-likeness (QED) is 0.814. The van der Waals surface area contributed by atoms with E-state index in [2.05, 4.69) is 5.32 Å². The fourth-order valence-electron chi connectivity index (χ4n) is 1.36. The van der Waals surface area contributed by atoms with Gasteiger partial charge in [-0.3, -0.25) is 0 Å². The van der Waals surface area contributed by atoms with E-state index in [-0.39, 0.29) is 10.6 Å². The molecule has 0 aliphatic heterocycles. The van der Waals surface area contributed by atoms with E-state index in [4.69, 9.17) is 9.47 Å². The first-order valence-electron chi connectivity index (χ1n) is 5.14. The van der Waals surface area contributed by atoms with Gasteiger partial charge < -0.3 is 14.8 Å². The van der Waals surface area contributed by atoms with Crippen LogP contribution in [0.1, 0.15) is 0 Å². The van der Waals surface area contributed by atoms with Gasteiger partial charge in [-0.15, -0.1) is 0 Å². The van der Waals surface area contributed by atoms with Crippen LogP contribution in [0.5, 0.6) is 11.5 Å². The fraction of sp³-hybridized carbons (Fsp3) is 0.455. The zero-order chi connectivity index (χ0) is 12.9. The highest BCUT2D eigenvalue weighted by Gasteiger charge is 2.16. The van der Waals surface area contributed by atoms with Crippen LogP contribution >= 0.6 is 0 Å². The van der Waals surface area contributed by atoms with Crippen molar-refractivity contribution in [2.45, 2.75) is 4.90 Å². The summed E-state index contributed by atoms with van der Waals surface area (Å²) < 4.78 is 34.0. The van der Waals surface area contributed by atoms with Gasteiger partial charge in [-0.2, -0.15) is 0 Å². The van der Waals surface area contributed by atoms with E-state index >= 15 is 0 Å². The first-order valence-corrected chi connectivity index (χ1v) is 6.79. The number of nitrogens with one attached hydrogen (secondary N) is 1. The van der Waals surface area contributed by atoms with Gasteiger partial charge >= 0.3 is 0 Å². The van der Waals surface area contributed by atoms with Crippen LogP contribution in [0.2, 0.25) is 0 Å². The number of methoxy groups -OCH3 is 2. The van der Waals surface area contributed by atoms with E-state index in [9.17, 15) is 8.42 Å². The molecule has 96 valence electrons. The molecule has 0 unspecified atom stereocenters. The lowest BCUT2D eigenvalue weighted by Crippen LogP contribution is -2.19. The highest BCUT2D eigenvalue weighted by atomic mass is 32.2. The Morgan fingerprint density at radius 1 is 1.18 bits per heavy atom. The van der Waals surface area contributed by atoms with Crippen molar-refractivity contribution in [2.24, 2.45) is 0 Å². The van der Waals surface area contributed by atoms with Crippen LogP contribution < -0.4 is 14.8 Å². The lowest BCUT2D eigenvalue weighted by Gasteiger charge is -2.10. The Bertz CT molecular complexity index is 470. The molecule has 5 nitrogen and oxygen atoms in total. The molecule has 0 radical (unpaired) electrons. The summed E-state index contributed by atoms with van der Waals surface area (Å²) in [6, 6.07) is 4.58. The maximum atomic E-state index is 11.9. The average Bonchev–Trinajstić information content (AvgIpc) is 2.35. The molecule has 0 aromatic heterocycles. The molecule has 0 heterocycles. The molecule has 0 fully saturated rings. The van der Waals surface area contributed by atoms with E-state index in [1.165, 1.54) is 26.4 Å². The van der Waals surface area contributed by atoms with Crippen molar-refractivity contribution in [3.63, 3.8) is 0 Å². The summed E-state index contributed by atoms with van der Waals surface area (Å²) in [7, 11) is 1.42. The molecule has 1 N–H and O–H groups in total. The molecule has 1 rings (SSSR count). The Kier molecular flexibility index (Phi) is 4.77. The smallest absolute Gasteiger partial charge is 0.179 e. The summed E-state index contributed by atoms with van der Waals surface area (Å²) in [5, 5.41) is 2.81. The molecule has 6 heteroatoms. The molecule has 17 heavy (non-hydrogen) atoms. The third-order valence-electron chi connectivity index (χ3n) is 2.33. The van der Waals surface area contributed by atoms with E-state index in [1.807, 2.05) is 0 Å². The summed E-state index contributed by atoms with van der Waals surface area (Å²) in [4.78, 5) is 0.241. The lowest BCUT2D eigenvalue weighted by molar-refractivity contribution is 0.354. The first kappa shape index (κ1) is 13.8. The molecular weight excluding hydrogens is 242 g/mol. The minimum absolute atomic E-state index is 0.0545. The van der Waals surface area contributed by atoms with Crippen molar-refractivity contribution in [1.82, 2.24) is 5.32 Å². The summed E-state index contributed by atoms with van der Waals surface area (Å²) in [6.45, 7) is 0.413. The molecule has 0 bridgehead atoms. The van der Waals surface area contributed by atoms with Crippen LogP contribution in [0, 0.1) is 0 Å². The summed E-state index contributed by atoms with van der Waals surface area (Å²) in [5.41, 5.74) is 0. The number of benzene rings is 1. The second-order valence-corrected chi connectivity index (χ2v) is 5.55. The summed E-state index contributed by atoms with van der Waals surface area (Å²) in [6.07, 6.45) is 0. The second kappa shape index (κ2) is 5.88. The summed E-state index contributed by atoms with van der Waals surface area (Å²) >= 11 is 0. The van der Waals surface area contributed by atoms with Gasteiger partial charge in [0.25, 0.3) is 0 Å². The third-order valence-corrected chi connectivity index (χ3v) is 4.05. The highest BCUT2D eigenvalue weighted by molar-refractivity contribution is 7.91. The fourth-order valence-corrected chi connectivity index (χ4v) is 2.63. The zero-order valence-electron chi connectivity index (χ0n) is 10.2. The van der Waals surface area contributed by atoms with E-state index in [0.29, 0.717) is 18.0 Å². The second-order valence-electron chi connectivity index (χ2n) is 3.44. The molecular formula is C11H17NO4S. The Morgan fingerprint density at radius 2 is 1.82 bits per heavy atom. The van der Waals surface area contributed by atoms with Gasteiger partial charge in [0, 0.05) is 12.6 Å². The van der Waals surface area contributed by atoms with Crippen LogP contribution in [-0.4, -0.2) is 42.0 Å². The maximum Gasteiger partial charge on any atom is 0.179 e. The van der Waals surface area contributed by atoms with E-state index in [0.717, 1.165) is 0 Å². The number of sulfone groups is 1. The van der Waals surface area contributed by atoms with Gasteiger partial charge in [-0.25, -0.2) is 8.42 Å². The Balaban J connectivity index is 3.07. The molecule has 0 aliphatic carbocycles. The Labute approximate surface area is 102 Å². The van der Waals surface area contributed by atoms with Gasteiger partial charge in [0.05, 0.1) is 24.9 Å². The molecule has 0 saturated carbocycles. The van der Waals surface area contributed by atoms with Crippen LogP contribution in [-0.2, 0) is 9.84 Å². The van der Waals surface area contributed by atoms with Crippen molar-refractivity contribution in [3.8, 4) is 11.5 Å². The average molecular weight is 259 g/mol. The number of ether oxygens (including phenoxy) is 2.